The number of thiophene rings is 1. The number of likely N-dealkylation sites (N-methyl/N-ethyl adjacent to an activating group) is 1. The second-order valence-electron chi connectivity index (χ2n) is 5.59. The standard InChI is InChI=1S/C17H19BrN2O2S/c1-11(2)12-5-4-6-13(9-12)19-16(21)10-20(3)17(22)14-7-8-15(18)23-14/h4-9,11H,10H2,1-3H3,(H,19,21). The van der Waals surface area contributed by atoms with Crippen molar-refractivity contribution < 1.29 is 9.59 Å². The van der Waals surface area contributed by atoms with E-state index in [-0.39, 0.29) is 18.4 Å². The fourth-order valence-electron chi connectivity index (χ4n) is 2.08. The number of carbonyl (C=O) groups excluding carboxylic acids is 2. The van der Waals surface area contributed by atoms with Crippen LogP contribution in [0.5, 0.6) is 0 Å². The van der Waals surface area contributed by atoms with Crippen LogP contribution in [0.25, 0.3) is 0 Å². The SMILES string of the molecule is CC(C)c1cccc(NC(=O)CN(C)C(=O)c2ccc(Br)s2)c1. The number of halogens is 1. The predicted molar refractivity (Wildman–Crippen MR) is 98.1 cm³/mol. The van der Waals surface area contributed by atoms with Gasteiger partial charge in [0.1, 0.15) is 0 Å². The third kappa shape index (κ3) is 4.91. The van der Waals surface area contributed by atoms with Gasteiger partial charge in [0.05, 0.1) is 15.2 Å². The first-order valence-electron chi connectivity index (χ1n) is 7.27. The summed E-state index contributed by atoms with van der Waals surface area (Å²) in [5, 5.41) is 2.84. The molecule has 0 saturated heterocycles. The maximum absolute atomic E-state index is 12.2. The van der Waals surface area contributed by atoms with Crippen LogP contribution in [0.3, 0.4) is 0 Å². The number of nitrogens with zero attached hydrogens (tertiary/aromatic N) is 1. The molecule has 122 valence electrons. The van der Waals surface area contributed by atoms with Gasteiger partial charge in [-0.25, -0.2) is 0 Å². The van der Waals surface area contributed by atoms with Gasteiger partial charge in [-0.1, -0.05) is 26.0 Å². The molecule has 1 aromatic heterocycles. The smallest absolute Gasteiger partial charge is 0.264 e. The Morgan fingerprint density at radius 1 is 1.26 bits per heavy atom. The Bertz CT molecular complexity index is 712. The van der Waals surface area contributed by atoms with Gasteiger partial charge in [-0.2, -0.15) is 0 Å². The van der Waals surface area contributed by atoms with Crippen molar-refractivity contribution in [2.45, 2.75) is 19.8 Å². The molecule has 0 spiro atoms. The van der Waals surface area contributed by atoms with E-state index in [1.54, 1.807) is 13.1 Å². The van der Waals surface area contributed by atoms with E-state index in [4.69, 9.17) is 0 Å². The molecule has 6 heteroatoms. The minimum absolute atomic E-state index is 0.0141. The molecule has 2 aromatic rings. The number of benzene rings is 1. The summed E-state index contributed by atoms with van der Waals surface area (Å²) in [7, 11) is 1.63. The first-order valence-corrected chi connectivity index (χ1v) is 8.88. The van der Waals surface area contributed by atoms with Crippen molar-refractivity contribution in [3.05, 3.63) is 50.6 Å². The van der Waals surface area contributed by atoms with Crippen LogP contribution in [0.2, 0.25) is 0 Å². The number of carbonyl (C=O) groups is 2. The summed E-state index contributed by atoms with van der Waals surface area (Å²) in [5.41, 5.74) is 1.91. The highest BCUT2D eigenvalue weighted by Crippen LogP contribution is 2.23. The highest BCUT2D eigenvalue weighted by Gasteiger charge is 2.16. The Balaban J connectivity index is 1.96. The number of amides is 2. The van der Waals surface area contributed by atoms with Crippen molar-refractivity contribution in [1.82, 2.24) is 4.90 Å². The van der Waals surface area contributed by atoms with Gasteiger partial charge >= 0.3 is 0 Å². The topological polar surface area (TPSA) is 49.4 Å². The Kier molecular flexibility index (Phi) is 5.96. The molecule has 0 fully saturated rings. The van der Waals surface area contributed by atoms with Gasteiger partial charge in [0.2, 0.25) is 5.91 Å². The molecule has 1 aromatic carbocycles. The van der Waals surface area contributed by atoms with Crippen LogP contribution in [0, 0.1) is 0 Å². The van der Waals surface area contributed by atoms with E-state index in [1.807, 2.05) is 30.3 Å². The molecule has 0 aliphatic carbocycles. The van der Waals surface area contributed by atoms with Crippen LogP contribution in [0.15, 0.2) is 40.2 Å². The van der Waals surface area contributed by atoms with Crippen LogP contribution in [-0.2, 0) is 4.79 Å². The van der Waals surface area contributed by atoms with Crippen molar-refractivity contribution in [2.24, 2.45) is 0 Å². The first kappa shape index (κ1) is 17.7. The van der Waals surface area contributed by atoms with E-state index in [1.165, 1.54) is 16.2 Å². The summed E-state index contributed by atoms with van der Waals surface area (Å²) in [6.07, 6.45) is 0. The number of anilines is 1. The molecule has 0 saturated carbocycles. The van der Waals surface area contributed by atoms with Gasteiger partial charge in [0.25, 0.3) is 5.91 Å². The fourth-order valence-corrected chi connectivity index (χ4v) is 3.46. The summed E-state index contributed by atoms with van der Waals surface area (Å²) in [5.74, 6) is 0.0255. The van der Waals surface area contributed by atoms with Crippen molar-refractivity contribution in [1.29, 1.82) is 0 Å². The number of hydrogen-bond acceptors (Lipinski definition) is 3. The van der Waals surface area contributed by atoms with Gasteiger partial charge in [-0.3, -0.25) is 9.59 Å². The van der Waals surface area contributed by atoms with E-state index >= 15 is 0 Å². The number of rotatable bonds is 5. The average Bonchev–Trinajstić information content (AvgIpc) is 2.93. The van der Waals surface area contributed by atoms with Gasteiger partial charge < -0.3 is 10.2 Å². The average molecular weight is 395 g/mol. The van der Waals surface area contributed by atoms with Crippen molar-refractivity contribution >= 4 is 44.8 Å². The minimum Gasteiger partial charge on any atom is -0.332 e. The van der Waals surface area contributed by atoms with Crippen LogP contribution in [0.1, 0.15) is 35.0 Å². The van der Waals surface area contributed by atoms with Crippen LogP contribution in [0.4, 0.5) is 5.69 Å². The molecule has 23 heavy (non-hydrogen) atoms. The van der Waals surface area contributed by atoms with Gasteiger partial charge in [0, 0.05) is 12.7 Å². The molecule has 2 rings (SSSR count). The van der Waals surface area contributed by atoms with E-state index in [0.29, 0.717) is 10.8 Å². The Labute approximate surface area is 148 Å². The van der Waals surface area contributed by atoms with E-state index in [2.05, 4.69) is 35.1 Å². The molecule has 1 heterocycles. The lowest BCUT2D eigenvalue weighted by atomic mass is 10.0. The zero-order valence-corrected chi connectivity index (χ0v) is 15.7. The molecule has 4 nitrogen and oxygen atoms in total. The van der Waals surface area contributed by atoms with Gasteiger partial charge in [0.15, 0.2) is 0 Å². The Hall–Kier alpha value is -1.66. The summed E-state index contributed by atoms with van der Waals surface area (Å²) in [4.78, 5) is 26.4. The summed E-state index contributed by atoms with van der Waals surface area (Å²) < 4.78 is 0.893. The van der Waals surface area contributed by atoms with Crippen LogP contribution in [-0.4, -0.2) is 30.3 Å². The predicted octanol–water partition coefficient (Wildman–Crippen LogP) is 4.34. The normalized spacial score (nSPS) is 10.7. The number of hydrogen-bond donors (Lipinski definition) is 1. The second-order valence-corrected chi connectivity index (χ2v) is 8.06. The van der Waals surface area contributed by atoms with Crippen molar-refractivity contribution in [3.8, 4) is 0 Å². The van der Waals surface area contributed by atoms with Crippen molar-refractivity contribution in [2.75, 3.05) is 18.9 Å². The van der Waals surface area contributed by atoms with Crippen LogP contribution >= 0.6 is 27.3 Å². The quantitative estimate of drug-likeness (QED) is 0.819. The van der Waals surface area contributed by atoms with Gasteiger partial charge in [-0.15, -0.1) is 11.3 Å². The third-order valence-electron chi connectivity index (χ3n) is 3.35. The van der Waals surface area contributed by atoms with Gasteiger partial charge in [-0.05, 0) is 51.7 Å². The zero-order valence-electron chi connectivity index (χ0n) is 13.3. The highest BCUT2D eigenvalue weighted by molar-refractivity contribution is 9.11. The molecule has 0 atom stereocenters. The lowest BCUT2D eigenvalue weighted by molar-refractivity contribution is -0.116. The minimum atomic E-state index is -0.211. The zero-order chi connectivity index (χ0) is 17.0. The maximum atomic E-state index is 12.2. The molecule has 0 aliphatic heterocycles. The van der Waals surface area contributed by atoms with Crippen molar-refractivity contribution in [3.63, 3.8) is 0 Å². The monoisotopic (exact) mass is 394 g/mol. The molecule has 0 radical (unpaired) electrons. The van der Waals surface area contributed by atoms with E-state index < -0.39 is 0 Å². The lowest BCUT2D eigenvalue weighted by Gasteiger charge is -2.16. The molecule has 0 bridgehead atoms. The summed E-state index contributed by atoms with van der Waals surface area (Å²) >= 11 is 4.69. The molecular formula is C17H19BrN2O2S. The van der Waals surface area contributed by atoms with Crippen LogP contribution < -0.4 is 5.32 Å². The van der Waals surface area contributed by atoms with E-state index in [0.717, 1.165) is 15.0 Å². The first-order chi connectivity index (χ1) is 10.9. The highest BCUT2D eigenvalue weighted by atomic mass is 79.9. The Morgan fingerprint density at radius 2 is 2.00 bits per heavy atom. The fraction of sp³-hybridized carbons (Fsp3) is 0.294. The summed E-state index contributed by atoms with van der Waals surface area (Å²) in [6, 6.07) is 11.3. The largest absolute Gasteiger partial charge is 0.332 e. The summed E-state index contributed by atoms with van der Waals surface area (Å²) in [6.45, 7) is 4.22. The molecule has 1 N–H and O–H groups in total. The lowest BCUT2D eigenvalue weighted by Crippen LogP contribution is -2.34. The maximum Gasteiger partial charge on any atom is 0.264 e. The van der Waals surface area contributed by atoms with E-state index in [9.17, 15) is 9.59 Å². The Morgan fingerprint density at radius 3 is 2.61 bits per heavy atom. The number of nitrogens with one attached hydrogen (secondary N) is 1. The molecule has 2 amide bonds. The third-order valence-corrected chi connectivity index (χ3v) is 4.96. The molecule has 0 aliphatic rings. The second kappa shape index (κ2) is 7.75. The molecule has 0 unspecified atom stereocenters. The molecular weight excluding hydrogens is 376 g/mol.